The molecule has 8 nitrogen and oxygen atoms in total. The van der Waals surface area contributed by atoms with Gasteiger partial charge in [0.25, 0.3) is 5.91 Å². The Balaban J connectivity index is 1.92. The largest absolute Gasteiger partial charge is 0.482 e. The van der Waals surface area contributed by atoms with Gasteiger partial charge in [0.1, 0.15) is 10.7 Å². The van der Waals surface area contributed by atoms with Crippen LogP contribution in [0.2, 0.25) is 0 Å². The van der Waals surface area contributed by atoms with Gasteiger partial charge in [-0.2, -0.15) is 0 Å². The first kappa shape index (κ1) is 12.9. The van der Waals surface area contributed by atoms with Crippen LogP contribution in [0.15, 0.2) is 34.7 Å². The number of benzene rings is 1. The van der Waals surface area contributed by atoms with Crippen molar-refractivity contribution in [2.75, 3.05) is 11.9 Å². The average molecular weight is 288 g/mol. The monoisotopic (exact) mass is 288 g/mol. The van der Waals surface area contributed by atoms with Crippen molar-refractivity contribution in [1.82, 2.24) is 0 Å². The molecule has 1 aromatic heterocycles. The summed E-state index contributed by atoms with van der Waals surface area (Å²) in [7, 11) is 0. The summed E-state index contributed by atoms with van der Waals surface area (Å²) in [6, 6.07) is 6.81. The van der Waals surface area contributed by atoms with E-state index in [-0.39, 0.29) is 23.8 Å². The molecular formula is C13H8N2O6. The Kier molecular flexibility index (Phi) is 2.90. The van der Waals surface area contributed by atoms with Crippen LogP contribution in [-0.4, -0.2) is 23.2 Å². The molecule has 0 fully saturated rings. The molecule has 21 heavy (non-hydrogen) atoms. The smallest absolute Gasteiger partial charge is 0.433 e. The molecule has 8 heteroatoms. The number of nitrogens with zero attached hydrogens (tertiary/aromatic N) is 1. The third kappa shape index (κ3) is 2.34. The van der Waals surface area contributed by atoms with E-state index in [1.807, 2.05) is 0 Å². The van der Waals surface area contributed by atoms with E-state index in [9.17, 15) is 19.7 Å². The highest BCUT2D eigenvalue weighted by Crippen LogP contribution is 2.29. The van der Waals surface area contributed by atoms with Gasteiger partial charge in [-0.15, -0.1) is 0 Å². The van der Waals surface area contributed by atoms with E-state index >= 15 is 0 Å². The first-order valence-electron chi connectivity index (χ1n) is 5.90. The predicted molar refractivity (Wildman–Crippen MR) is 69.4 cm³/mol. The first-order chi connectivity index (χ1) is 10.0. The Morgan fingerprint density at radius 2 is 2.10 bits per heavy atom. The number of furan rings is 1. The van der Waals surface area contributed by atoms with Crippen LogP contribution in [0.1, 0.15) is 16.1 Å². The molecule has 2 heterocycles. The van der Waals surface area contributed by atoms with Crippen molar-refractivity contribution in [3.8, 4) is 5.75 Å². The van der Waals surface area contributed by atoms with Crippen molar-refractivity contribution in [3.05, 3.63) is 51.8 Å². The zero-order valence-electron chi connectivity index (χ0n) is 10.5. The van der Waals surface area contributed by atoms with Crippen LogP contribution >= 0.6 is 0 Å². The van der Waals surface area contributed by atoms with E-state index in [0.29, 0.717) is 11.4 Å². The highest BCUT2D eigenvalue weighted by molar-refractivity contribution is 6.08. The van der Waals surface area contributed by atoms with Gasteiger partial charge in [0, 0.05) is 5.56 Å². The van der Waals surface area contributed by atoms with Gasteiger partial charge in [-0.05, 0) is 24.3 Å². The van der Waals surface area contributed by atoms with Crippen molar-refractivity contribution in [1.29, 1.82) is 0 Å². The zero-order chi connectivity index (χ0) is 15.0. The van der Waals surface area contributed by atoms with E-state index < -0.39 is 16.6 Å². The number of nitrogens with one attached hydrogen (secondary N) is 1. The first-order valence-corrected chi connectivity index (χ1v) is 5.90. The van der Waals surface area contributed by atoms with Crippen LogP contribution in [0.25, 0.3) is 0 Å². The Bertz CT molecular complexity index is 764. The van der Waals surface area contributed by atoms with E-state index in [1.165, 1.54) is 18.2 Å². The van der Waals surface area contributed by atoms with Crippen LogP contribution in [-0.2, 0) is 4.79 Å². The van der Waals surface area contributed by atoms with Gasteiger partial charge >= 0.3 is 5.88 Å². The average Bonchev–Trinajstić information content (AvgIpc) is 2.95. The highest BCUT2D eigenvalue weighted by atomic mass is 16.6. The molecule has 0 aliphatic carbocycles. The lowest BCUT2D eigenvalue weighted by Gasteiger charge is -2.18. The number of nitro groups is 1. The van der Waals surface area contributed by atoms with Crippen molar-refractivity contribution >= 4 is 23.3 Å². The molecular weight excluding hydrogens is 280 g/mol. The fraction of sp³-hybridized carbons (Fsp3) is 0.0769. The number of amides is 1. The maximum Gasteiger partial charge on any atom is 0.433 e. The minimum absolute atomic E-state index is 0.0787. The minimum atomic E-state index is -0.725. The Morgan fingerprint density at radius 3 is 2.81 bits per heavy atom. The number of hydrogen-bond donors (Lipinski definition) is 1. The predicted octanol–water partition coefficient (Wildman–Crippen LogP) is 1.75. The SMILES string of the molecule is O=C1COc2ccc(C(=O)c3ccc([N+](=O)[O-])o3)cc2N1. The Labute approximate surface area is 117 Å². The summed E-state index contributed by atoms with van der Waals surface area (Å²) < 4.78 is 10.0. The molecule has 0 unspecified atom stereocenters. The van der Waals surface area contributed by atoms with Crippen LogP contribution in [0.4, 0.5) is 11.6 Å². The quantitative estimate of drug-likeness (QED) is 0.523. The third-order valence-electron chi connectivity index (χ3n) is 2.87. The van der Waals surface area contributed by atoms with Gasteiger partial charge in [0.05, 0.1) is 11.8 Å². The van der Waals surface area contributed by atoms with Crippen LogP contribution in [0.3, 0.4) is 0 Å². The summed E-state index contributed by atoms with van der Waals surface area (Å²) >= 11 is 0. The standard InChI is InChI=1S/C13H8N2O6/c16-11-6-20-9-2-1-7(5-8(9)14-11)13(17)10-3-4-12(21-10)15(18)19/h1-5H,6H2,(H,14,16). The molecule has 0 saturated heterocycles. The van der Waals surface area contributed by atoms with Gasteiger partial charge < -0.3 is 14.5 Å². The molecule has 0 saturated carbocycles. The molecule has 0 atom stereocenters. The highest BCUT2D eigenvalue weighted by Gasteiger charge is 2.21. The summed E-state index contributed by atoms with van der Waals surface area (Å²) in [6.45, 7) is -0.0787. The van der Waals surface area contributed by atoms with E-state index in [2.05, 4.69) is 5.32 Å². The summed E-state index contributed by atoms with van der Waals surface area (Å²) in [5, 5.41) is 13.1. The van der Waals surface area contributed by atoms with Gasteiger partial charge in [-0.25, -0.2) is 0 Å². The van der Waals surface area contributed by atoms with Crippen molar-refractivity contribution in [3.63, 3.8) is 0 Å². The second kappa shape index (κ2) is 4.75. The van der Waals surface area contributed by atoms with Gasteiger partial charge in [0.2, 0.25) is 5.78 Å². The molecule has 106 valence electrons. The molecule has 2 aromatic rings. The second-order valence-corrected chi connectivity index (χ2v) is 4.27. The Hall–Kier alpha value is -3.16. The van der Waals surface area contributed by atoms with Crippen molar-refractivity contribution in [2.24, 2.45) is 0 Å². The maximum atomic E-state index is 12.2. The van der Waals surface area contributed by atoms with Gasteiger partial charge in [-0.3, -0.25) is 19.7 Å². The third-order valence-corrected chi connectivity index (χ3v) is 2.87. The molecule has 3 rings (SSSR count). The van der Waals surface area contributed by atoms with Crippen molar-refractivity contribution < 1.29 is 23.7 Å². The molecule has 1 aromatic carbocycles. The number of hydrogen-bond acceptors (Lipinski definition) is 6. The fourth-order valence-electron chi connectivity index (χ4n) is 1.91. The molecule has 0 bridgehead atoms. The minimum Gasteiger partial charge on any atom is -0.482 e. The van der Waals surface area contributed by atoms with Crippen LogP contribution in [0, 0.1) is 10.1 Å². The number of fused-ring (bicyclic) bond motifs is 1. The summed E-state index contributed by atoms with van der Waals surface area (Å²) in [6.07, 6.45) is 0. The van der Waals surface area contributed by atoms with Crippen LogP contribution in [0.5, 0.6) is 5.75 Å². The molecule has 1 aliphatic heterocycles. The molecule has 1 amide bonds. The number of carbonyl (C=O) groups excluding carboxylic acids is 2. The maximum absolute atomic E-state index is 12.2. The van der Waals surface area contributed by atoms with E-state index in [0.717, 1.165) is 6.07 Å². The number of anilines is 1. The zero-order valence-corrected chi connectivity index (χ0v) is 10.5. The van der Waals surface area contributed by atoms with Crippen LogP contribution < -0.4 is 10.1 Å². The number of ketones is 1. The topological polar surface area (TPSA) is 112 Å². The lowest BCUT2D eigenvalue weighted by Crippen LogP contribution is -2.25. The molecule has 0 spiro atoms. The van der Waals surface area contributed by atoms with Crippen molar-refractivity contribution in [2.45, 2.75) is 0 Å². The van der Waals surface area contributed by atoms with E-state index in [1.54, 1.807) is 6.07 Å². The second-order valence-electron chi connectivity index (χ2n) is 4.27. The van der Waals surface area contributed by atoms with Gasteiger partial charge in [-0.1, -0.05) is 0 Å². The number of rotatable bonds is 3. The Morgan fingerprint density at radius 1 is 1.29 bits per heavy atom. The fourth-order valence-corrected chi connectivity index (χ4v) is 1.91. The molecule has 1 aliphatic rings. The summed E-state index contributed by atoms with van der Waals surface area (Å²) in [4.78, 5) is 33.2. The summed E-state index contributed by atoms with van der Waals surface area (Å²) in [5.41, 5.74) is 0.599. The normalized spacial score (nSPS) is 13.0. The van der Waals surface area contributed by atoms with E-state index in [4.69, 9.17) is 9.15 Å². The molecule has 0 radical (unpaired) electrons. The number of carbonyl (C=O) groups is 2. The lowest BCUT2D eigenvalue weighted by atomic mass is 10.1. The number of ether oxygens (including phenoxy) is 1. The lowest BCUT2D eigenvalue weighted by molar-refractivity contribution is -0.402. The summed E-state index contributed by atoms with van der Waals surface area (Å²) in [5.74, 6) is -1.04. The molecule has 1 N–H and O–H groups in total. The van der Waals surface area contributed by atoms with Gasteiger partial charge in [0.15, 0.2) is 12.4 Å².